The van der Waals surface area contributed by atoms with Crippen molar-refractivity contribution in [2.45, 2.75) is 25.6 Å². The number of ether oxygens (including phenoxy) is 2. The SMILES string of the molecule is CCCCNC(=O)C(OC)(OC)C(=O)c1ccccc1. The number of nitrogens with one attached hydrogen (secondary N) is 1. The van der Waals surface area contributed by atoms with Gasteiger partial charge in [-0.05, 0) is 6.42 Å². The number of unbranched alkanes of at least 4 members (excludes halogenated alkanes) is 1. The summed E-state index contributed by atoms with van der Waals surface area (Å²) in [7, 11) is 2.56. The lowest BCUT2D eigenvalue weighted by Gasteiger charge is -2.27. The van der Waals surface area contributed by atoms with Crippen molar-refractivity contribution in [3.05, 3.63) is 35.9 Å². The topological polar surface area (TPSA) is 64.6 Å². The second kappa shape index (κ2) is 7.77. The number of hydrogen-bond acceptors (Lipinski definition) is 4. The van der Waals surface area contributed by atoms with E-state index in [9.17, 15) is 9.59 Å². The summed E-state index contributed by atoms with van der Waals surface area (Å²) in [6.07, 6.45) is 1.77. The monoisotopic (exact) mass is 279 g/mol. The Balaban J connectivity index is 2.96. The van der Waals surface area contributed by atoms with Crippen LogP contribution in [-0.2, 0) is 14.3 Å². The molecule has 0 spiro atoms. The fourth-order valence-corrected chi connectivity index (χ4v) is 1.83. The zero-order valence-electron chi connectivity index (χ0n) is 12.1. The maximum absolute atomic E-state index is 12.5. The molecular weight excluding hydrogens is 258 g/mol. The summed E-state index contributed by atoms with van der Waals surface area (Å²) < 4.78 is 10.2. The van der Waals surface area contributed by atoms with Crippen molar-refractivity contribution < 1.29 is 19.1 Å². The van der Waals surface area contributed by atoms with Crippen molar-refractivity contribution in [2.75, 3.05) is 20.8 Å². The molecule has 1 aromatic carbocycles. The Morgan fingerprint density at radius 2 is 1.75 bits per heavy atom. The molecule has 0 aromatic heterocycles. The summed E-state index contributed by atoms with van der Waals surface area (Å²) in [5, 5.41) is 2.67. The van der Waals surface area contributed by atoms with Crippen molar-refractivity contribution >= 4 is 11.7 Å². The lowest BCUT2D eigenvalue weighted by atomic mass is 10.0. The van der Waals surface area contributed by atoms with Gasteiger partial charge in [0.2, 0.25) is 5.78 Å². The maximum atomic E-state index is 12.5. The first-order valence-corrected chi connectivity index (χ1v) is 6.60. The van der Waals surface area contributed by atoms with Crippen molar-refractivity contribution in [1.29, 1.82) is 0 Å². The van der Waals surface area contributed by atoms with Crippen molar-refractivity contribution in [1.82, 2.24) is 5.32 Å². The van der Waals surface area contributed by atoms with Gasteiger partial charge >= 0.3 is 5.79 Å². The van der Waals surface area contributed by atoms with Gasteiger partial charge in [0.15, 0.2) is 0 Å². The van der Waals surface area contributed by atoms with E-state index >= 15 is 0 Å². The standard InChI is InChI=1S/C15H21NO4/c1-4-5-11-16-14(18)15(19-2,20-3)13(17)12-9-7-6-8-10-12/h6-10H,4-5,11H2,1-3H3,(H,16,18). The molecule has 0 atom stereocenters. The minimum atomic E-state index is -1.94. The lowest BCUT2D eigenvalue weighted by Crippen LogP contribution is -2.55. The quantitative estimate of drug-likeness (QED) is 0.341. The molecular formula is C15H21NO4. The third kappa shape index (κ3) is 3.43. The zero-order chi connectivity index (χ0) is 15.0. The molecule has 0 radical (unpaired) electrons. The molecule has 20 heavy (non-hydrogen) atoms. The fraction of sp³-hybridized carbons (Fsp3) is 0.467. The van der Waals surface area contributed by atoms with Crippen LogP contribution < -0.4 is 5.32 Å². The molecule has 1 amide bonds. The molecule has 1 aromatic rings. The number of methoxy groups -OCH3 is 2. The molecule has 0 aliphatic carbocycles. The summed E-state index contributed by atoms with van der Waals surface area (Å²) in [5.41, 5.74) is 0.363. The van der Waals surface area contributed by atoms with Crippen LogP contribution in [0.15, 0.2) is 30.3 Å². The van der Waals surface area contributed by atoms with E-state index in [1.54, 1.807) is 30.3 Å². The van der Waals surface area contributed by atoms with Crippen LogP contribution in [0.3, 0.4) is 0 Å². The molecule has 5 nitrogen and oxygen atoms in total. The fourth-order valence-electron chi connectivity index (χ4n) is 1.83. The van der Waals surface area contributed by atoms with Gasteiger partial charge in [-0.1, -0.05) is 43.7 Å². The van der Waals surface area contributed by atoms with E-state index in [0.29, 0.717) is 12.1 Å². The third-order valence-corrected chi connectivity index (χ3v) is 3.02. The number of Topliss-reactive ketones (excluding diaryl/α,β-unsaturated/α-hetero) is 1. The molecule has 0 saturated carbocycles. The van der Waals surface area contributed by atoms with E-state index in [4.69, 9.17) is 9.47 Å². The van der Waals surface area contributed by atoms with E-state index in [1.165, 1.54) is 14.2 Å². The summed E-state index contributed by atoms with van der Waals surface area (Å²) in [6, 6.07) is 8.47. The highest BCUT2D eigenvalue weighted by atomic mass is 16.7. The number of ketones is 1. The molecule has 0 aliphatic rings. The minimum absolute atomic E-state index is 0.363. The highest BCUT2D eigenvalue weighted by Crippen LogP contribution is 2.19. The molecule has 0 fully saturated rings. The van der Waals surface area contributed by atoms with Crippen LogP contribution in [0.25, 0.3) is 0 Å². The second-order valence-corrected chi connectivity index (χ2v) is 4.33. The average molecular weight is 279 g/mol. The van der Waals surface area contributed by atoms with Crippen molar-refractivity contribution in [3.63, 3.8) is 0 Å². The minimum Gasteiger partial charge on any atom is -0.351 e. The number of amides is 1. The molecule has 0 bridgehead atoms. The first-order chi connectivity index (χ1) is 9.62. The van der Waals surface area contributed by atoms with Crippen molar-refractivity contribution in [2.24, 2.45) is 0 Å². The third-order valence-electron chi connectivity index (χ3n) is 3.02. The van der Waals surface area contributed by atoms with Gasteiger partial charge in [0.05, 0.1) is 0 Å². The Morgan fingerprint density at radius 3 is 2.25 bits per heavy atom. The van der Waals surface area contributed by atoms with E-state index in [2.05, 4.69) is 5.32 Å². The van der Waals surface area contributed by atoms with Gasteiger partial charge < -0.3 is 14.8 Å². The van der Waals surface area contributed by atoms with Gasteiger partial charge in [0.25, 0.3) is 5.91 Å². The first-order valence-electron chi connectivity index (χ1n) is 6.60. The molecule has 0 heterocycles. The van der Waals surface area contributed by atoms with Crippen LogP contribution in [0, 0.1) is 0 Å². The van der Waals surface area contributed by atoms with Gasteiger partial charge in [-0.2, -0.15) is 0 Å². The van der Waals surface area contributed by atoms with Crippen LogP contribution in [0.2, 0.25) is 0 Å². The van der Waals surface area contributed by atoms with E-state index < -0.39 is 17.5 Å². The molecule has 110 valence electrons. The number of carbonyl (C=O) groups is 2. The predicted molar refractivity (Wildman–Crippen MR) is 75.4 cm³/mol. The van der Waals surface area contributed by atoms with Gasteiger partial charge in [-0.15, -0.1) is 0 Å². The van der Waals surface area contributed by atoms with Gasteiger partial charge in [0.1, 0.15) is 0 Å². The summed E-state index contributed by atoms with van der Waals surface area (Å²) in [5.74, 6) is -3.03. The Hall–Kier alpha value is -1.72. The Labute approximate surface area is 119 Å². The zero-order valence-corrected chi connectivity index (χ0v) is 12.1. The Morgan fingerprint density at radius 1 is 1.15 bits per heavy atom. The van der Waals surface area contributed by atoms with Gasteiger partial charge in [-0.3, -0.25) is 9.59 Å². The van der Waals surface area contributed by atoms with Crippen LogP contribution in [0.4, 0.5) is 0 Å². The second-order valence-electron chi connectivity index (χ2n) is 4.33. The van der Waals surface area contributed by atoms with Gasteiger partial charge in [-0.25, -0.2) is 0 Å². The first kappa shape index (κ1) is 16.3. The number of carbonyl (C=O) groups excluding carboxylic acids is 2. The normalized spacial score (nSPS) is 11.2. The molecule has 0 saturated heterocycles. The largest absolute Gasteiger partial charge is 0.351 e. The number of benzene rings is 1. The molecule has 0 unspecified atom stereocenters. The van der Waals surface area contributed by atoms with Crippen LogP contribution in [-0.4, -0.2) is 38.2 Å². The van der Waals surface area contributed by atoms with Gasteiger partial charge in [0, 0.05) is 26.3 Å². The van der Waals surface area contributed by atoms with Crippen LogP contribution in [0.5, 0.6) is 0 Å². The Bertz CT molecular complexity index is 440. The summed E-state index contributed by atoms with van der Waals surface area (Å²) >= 11 is 0. The maximum Gasteiger partial charge on any atom is 0.315 e. The summed E-state index contributed by atoms with van der Waals surface area (Å²) in [4.78, 5) is 24.7. The van der Waals surface area contributed by atoms with Crippen LogP contribution >= 0.6 is 0 Å². The van der Waals surface area contributed by atoms with Crippen molar-refractivity contribution in [3.8, 4) is 0 Å². The molecule has 5 heteroatoms. The van der Waals surface area contributed by atoms with Crippen LogP contribution in [0.1, 0.15) is 30.1 Å². The molecule has 1 rings (SSSR count). The lowest BCUT2D eigenvalue weighted by molar-refractivity contribution is -0.186. The van der Waals surface area contributed by atoms with E-state index in [-0.39, 0.29) is 0 Å². The highest BCUT2D eigenvalue weighted by molar-refractivity contribution is 6.15. The number of hydrogen-bond donors (Lipinski definition) is 1. The number of rotatable bonds is 8. The smallest absolute Gasteiger partial charge is 0.315 e. The Kier molecular flexibility index (Phi) is 6.35. The predicted octanol–water partition coefficient (Wildman–Crippen LogP) is 1.77. The van der Waals surface area contributed by atoms with E-state index in [1.807, 2.05) is 6.92 Å². The average Bonchev–Trinajstić information content (AvgIpc) is 2.50. The highest BCUT2D eigenvalue weighted by Gasteiger charge is 2.47. The summed E-state index contributed by atoms with van der Waals surface area (Å²) in [6.45, 7) is 2.49. The molecule has 1 N–H and O–H groups in total. The van der Waals surface area contributed by atoms with E-state index in [0.717, 1.165) is 12.8 Å². The molecule has 0 aliphatic heterocycles.